The summed E-state index contributed by atoms with van der Waals surface area (Å²) in [6.45, 7) is 0.241. The average Bonchev–Trinajstić information content (AvgIpc) is 2.93. The maximum atomic E-state index is 11.8. The number of urea groups is 1. The van der Waals surface area contributed by atoms with Gasteiger partial charge in [-0.3, -0.25) is 0 Å². The topological polar surface area (TPSA) is 61.4 Å². The highest BCUT2D eigenvalue weighted by atomic mass is 35.5. The molecule has 0 fully saturated rings. The molecule has 2 aromatic rings. The third kappa shape index (κ3) is 4.80. The van der Waals surface area contributed by atoms with E-state index in [0.717, 1.165) is 10.4 Å². The zero-order valence-electron chi connectivity index (χ0n) is 11.0. The van der Waals surface area contributed by atoms with Crippen LogP contribution in [0.2, 0.25) is 5.02 Å². The van der Waals surface area contributed by atoms with Gasteiger partial charge in [0.15, 0.2) is 0 Å². The molecule has 1 aromatic carbocycles. The molecule has 4 nitrogen and oxygen atoms in total. The highest BCUT2D eigenvalue weighted by Gasteiger charge is 2.05. The van der Waals surface area contributed by atoms with Crippen molar-refractivity contribution < 1.29 is 9.90 Å². The lowest BCUT2D eigenvalue weighted by Gasteiger charge is -2.07. The molecule has 0 aliphatic rings. The van der Waals surface area contributed by atoms with Crippen LogP contribution in [0.15, 0.2) is 35.7 Å². The molecule has 2 rings (SSSR count). The fourth-order valence-corrected chi connectivity index (χ4v) is 2.52. The van der Waals surface area contributed by atoms with Gasteiger partial charge in [-0.15, -0.1) is 11.3 Å². The standard InChI is InChI=1S/C15H13ClN2O2S/c16-13-5-1-2-6-14(13)18-15(20)17-9-12-8-11(10-21-12)4-3-7-19/h1-2,5-6,8,10,19H,7,9H2,(H2,17,18,20). The van der Waals surface area contributed by atoms with Crippen molar-refractivity contribution in [3.63, 3.8) is 0 Å². The Hall–Kier alpha value is -2.00. The van der Waals surface area contributed by atoms with Crippen LogP contribution in [0.5, 0.6) is 0 Å². The molecule has 0 radical (unpaired) electrons. The predicted molar refractivity (Wildman–Crippen MR) is 85.6 cm³/mol. The van der Waals surface area contributed by atoms with Gasteiger partial charge in [0.25, 0.3) is 0 Å². The van der Waals surface area contributed by atoms with Crippen LogP contribution in [0.4, 0.5) is 10.5 Å². The number of rotatable bonds is 3. The van der Waals surface area contributed by atoms with Crippen LogP contribution >= 0.6 is 22.9 Å². The van der Waals surface area contributed by atoms with E-state index in [9.17, 15) is 4.79 Å². The van der Waals surface area contributed by atoms with Gasteiger partial charge in [0, 0.05) is 15.8 Å². The van der Waals surface area contributed by atoms with Crippen LogP contribution in [0.3, 0.4) is 0 Å². The average molecular weight is 321 g/mol. The third-order valence-electron chi connectivity index (χ3n) is 2.51. The van der Waals surface area contributed by atoms with Gasteiger partial charge in [-0.2, -0.15) is 0 Å². The molecule has 0 saturated carbocycles. The summed E-state index contributed by atoms with van der Waals surface area (Å²) in [6, 6.07) is 8.60. The Bertz CT molecular complexity index is 688. The Morgan fingerprint density at radius 1 is 1.38 bits per heavy atom. The zero-order chi connectivity index (χ0) is 15.1. The summed E-state index contributed by atoms with van der Waals surface area (Å²) in [7, 11) is 0. The van der Waals surface area contributed by atoms with E-state index in [0.29, 0.717) is 17.3 Å². The number of hydrogen-bond donors (Lipinski definition) is 3. The molecule has 1 heterocycles. The molecular weight excluding hydrogens is 308 g/mol. The highest BCUT2D eigenvalue weighted by Crippen LogP contribution is 2.20. The van der Waals surface area contributed by atoms with Crippen molar-refractivity contribution in [3.8, 4) is 11.8 Å². The first-order valence-corrected chi connectivity index (χ1v) is 7.41. The molecule has 1 aromatic heterocycles. The third-order valence-corrected chi connectivity index (χ3v) is 3.78. The van der Waals surface area contributed by atoms with Crippen LogP contribution in [0.1, 0.15) is 10.4 Å². The number of carbonyl (C=O) groups is 1. The van der Waals surface area contributed by atoms with Gasteiger partial charge >= 0.3 is 6.03 Å². The van der Waals surface area contributed by atoms with Gasteiger partial charge in [-0.25, -0.2) is 4.79 Å². The Morgan fingerprint density at radius 3 is 2.95 bits per heavy atom. The number of amides is 2. The van der Waals surface area contributed by atoms with E-state index in [4.69, 9.17) is 16.7 Å². The number of aliphatic hydroxyl groups is 1. The molecule has 0 saturated heterocycles. The van der Waals surface area contributed by atoms with Crippen LogP contribution in [0.25, 0.3) is 0 Å². The lowest BCUT2D eigenvalue weighted by atomic mass is 10.3. The first kappa shape index (κ1) is 15.4. The summed E-state index contributed by atoms with van der Waals surface area (Å²) in [6.07, 6.45) is 0. The van der Waals surface area contributed by atoms with Crippen molar-refractivity contribution >= 4 is 34.7 Å². The smallest absolute Gasteiger partial charge is 0.319 e. The number of hydrogen-bond acceptors (Lipinski definition) is 3. The maximum Gasteiger partial charge on any atom is 0.319 e. The van der Waals surface area contributed by atoms with Gasteiger partial charge in [0.1, 0.15) is 6.61 Å². The Morgan fingerprint density at radius 2 is 2.19 bits per heavy atom. The fraction of sp³-hybridized carbons (Fsp3) is 0.133. The second-order valence-corrected chi connectivity index (χ2v) is 5.45. The number of thiophene rings is 1. The minimum absolute atomic E-state index is 0.163. The van der Waals surface area contributed by atoms with E-state index < -0.39 is 0 Å². The summed E-state index contributed by atoms with van der Waals surface area (Å²) in [5.74, 6) is 5.39. The van der Waals surface area contributed by atoms with Crippen molar-refractivity contribution in [2.45, 2.75) is 6.54 Å². The summed E-state index contributed by atoms with van der Waals surface area (Å²) in [4.78, 5) is 12.8. The summed E-state index contributed by atoms with van der Waals surface area (Å²) >= 11 is 7.46. The van der Waals surface area contributed by atoms with Gasteiger partial charge < -0.3 is 15.7 Å². The predicted octanol–water partition coefficient (Wildman–Crippen LogP) is 3.07. The normalized spacial score (nSPS) is 9.62. The van der Waals surface area contributed by atoms with Gasteiger partial charge in [-0.1, -0.05) is 35.6 Å². The number of para-hydroxylation sites is 1. The van der Waals surface area contributed by atoms with E-state index in [1.807, 2.05) is 11.4 Å². The molecule has 0 unspecified atom stereocenters. The van der Waals surface area contributed by atoms with Gasteiger partial charge in [-0.05, 0) is 18.2 Å². The molecule has 21 heavy (non-hydrogen) atoms. The number of halogens is 1. The number of anilines is 1. The second-order valence-electron chi connectivity index (χ2n) is 4.05. The summed E-state index contributed by atoms with van der Waals surface area (Å²) < 4.78 is 0. The Labute approximate surface area is 131 Å². The first-order chi connectivity index (χ1) is 10.2. The lowest BCUT2D eigenvalue weighted by molar-refractivity contribution is 0.252. The van der Waals surface area contributed by atoms with Crippen LogP contribution in [-0.2, 0) is 6.54 Å². The molecular formula is C15H13ClN2O2S. The molecule has 0 aliphatic carbocycles. The summed E-state index contributed by atoms with van der Waals surface area (Å²) in [5, 5.41) is 16.4. The van der Waals surface area contributed by atoms with Crippen LogP contribution < -0.4 is 10.6 Å². The number of carbonyl (C=O) groups excluding carboxylic acids is 1. The minimum atomic E-state index is -0.320. The molecule has 108 valence electrons. The molecule has 0 atom stereocenters. The molecule has 2 amide bonds. The number of aliphatic hydroxyl groups excluding tert-OH is 1. The first-order valence-electron chi connectivity index (χ1n) is 6.15. The Kier molecular flexibility index (Phi) is 5.64. The van der Waals surface area contributed by atoms with E-state index in [2.05, 4.69) is 22.5 Å². The molecule has 0 bridgehead atoms. The number of benzene rings is 1. The van der Waals surface area contributed by atoms with E-state index in [-0.39, 0.29) is 12.6 Å². The van der Waals surface area contributed by atoms with Crippen LogP contribution in [0, 0.1) is 11.8 Å². The fourth-order valence-electron chi connectivity index (χ4n) is 1.58. The number of nitrogens with one attached hydrogen (secondary N) is 2. The summed E-state index contributed by atoms with van der Waals surface area (Å²) in [5.41, 5.74) is 1.40. The van der Waals surface area contributed by atoms with Crippen molar-refractivity contribution in [1.82, 2.24) is 5.32 Å². The SMILES string of the molecule is O=C(NCc1cc(C#CCO)cs1)Nc1ccccc1Cl. The van der Waals surface area contributed by atoms with Crippen LogP contribution in [-0.4, -0.2) is 17.7 Å². The Balaban J connectivity index is 1.87. The van der Waals surface area contributed by atoms with Gasteiger partial charge in [0.05, 0.1) is 17.3 Å². The van der Waals surface area contributed by atoms with E-state index in [1.165, 1.54) is 11.3 Å². The monoisotopic (exact) mass is 320 g/mol. The lowest BCUT2D eigenvalue weighted by Crippen LogP contribution is -2.27. The molecule has 0 spiro atoms. The largest absolute Gasteiger partial charge is 0.384 e. The molecule has 6 heteroatoms. The van der Waals surface area contributed by atoms with Gasteiger partial charge in [0.2, 0.25) is 0 Å². The van der Waals surface area contributed by atoms with Crippen molar-refractivity contribution in [2.75, 3.05) is 11.9 Å². The minimum Gasteiger partial charge on any atom is -0.384 e. The molecule has 0 aliphatic heterocycles. The van der Waals surface area contributed by atoms with Crippen molar-refractivity contribution in [3.05, 3.63) is 51.2 Å². The second kappa shape index (κ2) is 7.70. The quantitative estimate of drug-likeness (QED) is 0.761. The van der Waals surface area contributed by atoms with Crippen molar-refractivity contribution in [2.24, 2.45) is 0 Å². The van der Waals surface area contributed by atoms with Crippen molar-refractivity contribution in [1.29, 1.82) is 0 Å². The zero-order valence-corrected chi connectivity index (χ0v) is 12.6. The highest BCUT2D eigenvalue weighted by molar-refractivity contribution is 7.10. The van der Waals surface area contributed by atoms with E-state index >= 15 is 0 Å². The molecule has 3 N–H and O–H groups in total. The maximum absolute atomic E-state index is 11.8. The van der Waals surface area contributed by atoms with E-state index in [1.54, 1.807) is 24.3 Å².